The van der Waals surface area contributed by atoms with E-state index < -0.39 is 45.4 Å². The quantitative estimate of drug-likeness (QED) is 0.433. The lowest BCUT2D eigenvalue weighted by atomic mass is 9.89. The number of carbonyl (C=O) groups is 2. The number of halogens is 3. The van der Waals surface area contributed by atoms with Crippen LogP contribution in [0.1, 0.15) is 64.7 Å². The van der Waals surface area contributed by atoms with Crippen molar-refractivity contribution in [1.29, 1.82) is 0 Å². The molecule has 0 radical (unpaired) electrons. The zero-order valence-corrected chi connectivity index (χ0v) is 27.4. The predicted molar refractivity (Wildman–Crippen MR) is 169 cm³/mol. The van der Waals surface area contributed by atoms with Crippen LogP contribution in [0.5, 0.6) is 5.75 Å². The number of sulfonamides is 1. The van der Waals surface area contributed by atoms with E-state index in [1.165, 1.54) is 10.4 Å². The number of hydrogen-bond donors (Lipinski definition) is 2. The van der Waals surface area contributed by atoms with Gasteiger partial charge in [-0.3, -0.25) is 14.6 Å². The highest BCUT2D eigenvalue weighted by atomic mass is 32.2. The molecule has 9 bridgehead atoms. The fraction of sp³-hybridized carbons (Fsp3) is 0.545. The molecular formula is C33H39F3N4O7S. The highest BCUT2D eigenvalue weighted by Crippen LogP contribution is 2.36. The summed E-state index contributed by atoms with van der Waals surface area (Å²) in [6.45, 7) is 2.69. The maximum absolute atomic E-state index is 13.8. The standard InChI is InChI=1S/C33H39F3N4O7S/c1-21-15-23-6-5-22(21)7-14-48(44,45)40-10-8-32(9-11-40)31(43)37-29(38-32)24-16-25(33(34,35)36)18-26(17-24)46-12-3-2-4-13-47-28-20-39(30(23)42)19-27(28)41/h5-6,15-18,27-28,41H,2-4,7-14,19-20H2,1H3,(H,37,38,43)/t27-,28-/m0/s1. The molecule has 0 aromatic heterocycles. The molecule has 2 N–H and O–H groups in total. The van der Waals surface area contributed by atoms with Gasteiger partial charge < -0.3 is 24.8 Å². The molecule has 8 rings (SSSR count). The van der Waals surface area contributed by atoms with E-state index in [9.17, 15) is 36.3 Å². The summed E-state index contributed by atoms with van der Waals surface area (Å²) in [6, 6.07) is 8.37. The van der Waals surface area contributed by atoms with Crippen LogP contribution < -0.4 is 10.1 Å². The van der Waals surface area contributed by atoms with Gasteiger partial charge in [0.05, 0.1) is 24.0 Å². The summed E-state index contributed by atoms with van der Waals surface area (Å²) in [5.74, 6) is -0.938. The number of nitrogens with zero attached hydrogens (tertiary/aromatic N) is 3. The number of amidine groups is 1. The van der Waals surface area contributed by atoms with Crippen LogP contribution in [0, 0.1) is 6.92 Å². The molecule has 260 valence electrons. The first-order valence-corrected chi connectivity index (χ1v) is 17.8. The Labute approximate surface area is 277 Å². The van der Waals surface area contributed by atoms with E-state index in [0.717, 1.165) is 23.3 Å². The first-order valence-electron chi connectivity index (χ1n) is 16.2. The minimum atomic E-state index is -4.67. The molecule has 2 atom stereocenters. The highest BCUT2D eigenvalue weighted by Gasteiger charge is 2.48. The van der Waals surface area contributed by atoms with Gasteiger partial charge in [-0.25, -0.2) is 12.7 Å². The van der Waals surface area contributed by atoms with Crippen LogP contribution in [0.15, 0.2) is 41.4 Å². The lowest BCUT2D eigenvalue weighted by Gasteiger charge is -2.34. The summed E-state index contributed by atoms with van der Waals surface area (Å²) in [5, 5.41) is 13.2. The lowest BCUT2D eigenvalue weighted by molar-refractivity contribution is -0.137. The van der Waals surface area contributed by atoms with Gasteiger partial charge in [-0.15, -0.1) is 0 Å². The van der Waals surface area contributed by atoms with Crippen LogP contribution in [0.4, 0.5) is 13.2 Å². The molecule has 2 saturated heterocycles. The molecule has 11 nitrogen and oxygen atoms in total. The molecule has 6 aliphatic rings. The molecule has 0 saturated carbocycles. The zero-order chi connectivity index (χ0) is 34.3. The van der Waals surface area contributed by atoms with Gasteiger partial charge in [-0.2, -0.15) is 13.2 Å². The summed E-state index contributed by atoms with van der Waals surface area (Å²) in [7, 11) is -3.72. The van der Waals surface area contributed by atoms with E-state index >= 15 is 0 Å². The number of fused-ring (bicyclic) bond motifs is 2. The number of aryl methyl sites for hydroxylation is 2. The summed E-state index contributed by atoms with van der Waals surface area (Å²) < 4.78 is 81.1. The van der Waals surface area contributed by atoms with Crippen molar-refractivity contribution < 1.29 is 45.8 Å². The Morgan fingerprint density at radius 2 is 1.75 bits per heavy atom. The summed E-state index contributed by atoms with van der Waals surface area (Å²) in [4.78, 5) is 32.5. The number of nitrogens with one attached hydrogen (secondary N) is 1. The van der Waals surface area contributed by atoms with Crippen molar-refractivity contribution >= 4 is 27.7 Å². The zero-order valence-electron chi connectivity index (χ0n) is 26.6. The molecular weight excluding hydrogens is 653 g/mol. The molecule has 2 fully saturated rings. The topological polar surface area (TPSA) is 138 Å². The van der Waals surface area contributed by atoms with Crippen molar-refractivity contribution in [3.05, 3.63) is 64.2 Å². The number of hydrogen-bond acceptors (Lipinski definition) is 8. The number of amides is 2. The van der Waals surface area contributed by atoms with Crippen molar-refractivity contribution in [2.45, 2.75) is 69.4 Å². The van der Waals surface area contributed by atoms with E-state index in [-0.39, 0.29) is 80.9 Å². The van der Waals surface area contributed by atoms with Crippen LogP contribution in [0.2, 0.25) is 0 Å². The van der Waals surface area contributed by atoms with Crippen molar-refractivity contribution in [2.75, 3.05) is 45.1 Å². The van der Waals surface area contributed by atoms with Gasteiger partial charge in [0, 0.05) is 43.9 Å². The molecule has 2 amide bonds. The third-order valence-corrected chi connectivity index (χ3v) is 11.4. The van der Waals surface area contributed by atoms with Gasteiger partial charge in [0.25, 0.3) is 11.8 Å². The predicted octanol–water partition coefficient (Wildman–Crippen LogP) is 3.06. The minimum Gasteiger partial charge on any atom is -0.494 e. The molecule has 1 spiro atoms. The molecule has 2 aromatic rings. The highest BCUT2D eigenvalue weighted by molar-refractivity contribution is 7.89. The third-order valence-electron chi connectivity index (χ3n) is 9.56. The molecule has 6 heterocycles. The SMILES string of the molecule is Cc1cc2ccc1CCS(=O)(=O)N1CCC3(CC1)N=C(NC3=O)c1cc(cc(C(F)(F)F)c1)OCCCCCO[C@H]1CN(C[C@@H]1O)C2=O. The van der Waals surface area contributed by atoms with E-state index in [4.69, 9.17) is 9.47 Å². The number of carbonyl (C=O) groups excluding carboxylic acids is 2. The number of aliphatic hydroxyl groups is 1. The Morgan fingerprint density at radius 1 is 1.00 bits per heavy atom. The van der Waals surface area contributed by atoms with Crippen LogP contribution in [0.25, 0.3) is 0 Å². The Balaban J connectivity index is 1.24. The monoisotopic (exact) mass is 692 g/mol. The van der Waals surface area contributed by atoms with Gasteiger partial charge in [-0.1, -0.05) is 6.07 Å². The first kappa shape index (κ1) is 34.3. The fourth-order valence-corrected chi connectivity index (χ4v) is 8.14. The van der Waals surface area contributed by atoms with Crippen LogP contribution in [0.3, 0.4) is 0 Å². The Bertz CT molecular complexity index is 1710. The number of aliphatic imine (C=N–C) groups is 1. The third kappa shape index (κ3) is 7.24. The summed E-state index contributed by atoms with van der Waals surface area (Å²) in [6.07, 6.45) is -3.90. The Hall–Kier alpha value is -3.53. The largest absolute Gasteiger partial charge is 0.494 e. The number of benzene rings is 2. The van der Waals surface area contributed by atoms with Gasteiger partial charge in [0.1, 0.15) is 23.2 Å². The van der Waals surface area contributed by atoms with Gasteiger partial charge in [0.15, 0.2) is 0 Å². The molecule has 0 unspecified atom stereocenters. The second kappa shape index (κ2) is 13.4. The fourth-order valence-electron chi connectivity index (χ4n) is 6.66. The van der Waals surface area contributed by atoms with Crippen molar-refractivity contribution in [3.8, 4) is 5.75 Å². The molecule has 0 aliphatic carbocycles. The first-order chi connectivity index (χ1) is 22.7. The summed E-state index contributed by atoms with van der Waals surface area (Å²) >= 11 is 0. The van der Waals surface area contributed by atoms with Crippen LogP contribution >= 0.6 is 0 Å². The maximum atomic E-state index is 13.8. The number of piperidine rings is 1. The van der Waals surface area contributed by atoms with Crippen LogP contribution in [-0.4, -0.2) is 103 Å². The van der Waals surface area contributed by atoms with E-state index in [0.29, 0.717) is 31.4 Å². The van der Waals surface area contributed by atoms with Crippen molar-refractivity contribution in [2.24, 2.45) is 4.99 Å². The average Bonchev–Trinajstić information content (AvgIpc) is 3.57. The minimum absolute atomic E-state index is 0.00756. The summed E-state index contributed by atoms with van der Waals surface area (Å²) in [5.41, 5.74) is -0.198. The molecule has 2 aromatic carbocycles. The van der Waals surface area contributed by atoms with E-state index in [1.807, 2.05) is 6.92 Å². The molecule has 15 heteroatoms. The van der Waals surface area contributed by atoms with Gasteiger partial charge in [-0.05, 0) is 86.9 Å². The average molecular weight is 693 g/mol. The van der Waals surface area contributed by atoms with E-state index in [2.05, 4.69) is 10.3 Å². The second-order valence-electron chi connectivity index (χ2n) is 12.9. The number of aliphatic hydroxyl groups excluding tert-OH is 1. The second-order valence-corrected chi connectivity index (χ2v) is 15.0. The number of ether oxygens (including phenoxy) is 2. The molecule has 6 aliphatic heterocycles. The maximum Gasteiger partial charge on any atom is 0.416 e. The van der Waals surface area contributed by atoms with Gasteiger partial charge in [0.2, 0.25) is 10.0 Å². The smallest absolute Gasteiger partial charge is 0.416 e. The van der Waals surface area contributed by atoms with Crippen molar-refractivity contribution in [1.82, 2.24) is 14.5 Å². The van der Waals surface area contributed by atoms with Gasteiger partial charge >= 0.3 is 6.18 Å². The number of alkyl halides is 3. The van der Waals surface area contributed by atoms with Crippen LogP contribution in [-0.2, 0) is 32.2 Å². The Kier molecular flexibility index (Phi) is 9.59. The lowest BCUT2D eigenvalue weighted by Crippen LogP contribution is -2.50. The normalized spacial score (nSPS) is 28.5. The Morgan fingerprint density at radius 3 is 2.48 bits per heavy atom. The molecule has 48 heavy (non-hydrogen) atoms. The number of rotatable bonds is 0. The van der Waals surface area contributed by atoms with Crippen molar-refractivity contribution in [3.63, 3.8) is 0 Å². The van der Waals surface area contributed by atoms with E-state index in [1.54, 1.807) is 23.1 Å².